The molecule has 4 aromatic heterocycles. The first kappa shape index (κ1) is 19.4. The third-order valence-electron chi connectivity index (χ3n) is 5.58. The lowest BCUT2D eigenvalue weighted by Crippen LogP contribution is -2.48. The van der Waals surface area contributed by atoms with E-state index in [-0.39, 0.29) is 5.56 Å². The largest absolute Gasteiger partial charge is 0.353 e. The van der Waals surface area contributed by atoms with E-state index in [2.05, 4.69) is 35.1 Å². The highest BCUT2D eigenvalue weighted by Gasteiger charge is 2.21. The third-order valence-corrected chi connectivity index (χ3v) is 5.58. The van der Waals surface area contributed by atoms with Gasteiger partial charge in [-0.15, -0.1) is 5.10 Å². The summed E-state index contributed by atoms with van der Waals surface area (Å²) in [7, 11) is 1.90. The van der Waals surface area contributed by atoms with E-state index in [1.54, 1.807) is 27.7 Å². The van der Waals surface area contributed by atoms with E-state index in [9.17, 15) is 4.79 Å². The number of aryl methyl sites for hydroxylation is 2. The average molecular weight is 420 g/mol. The minimum atomic E-state index is -0.107. The maximum atomic E-state index is 12.2. The molecule has 0 aliphatic carbocycles. The molecule has 160 valence electrons. The highest BCUT2D eigenvalue weighted by atomic mass is 16.1. The molecule has 0 amide bonds. The van der Waals surface area contributed by atoms with Crippen LogP contribution in [0.3, 0.4) is 0 Å². The van der Waals surface area contributed by atoms with Crippen LogP contribution in [-0.2, 0) is 13.6 Å². The van der Waals surface area contributed by atoms with Gasteiger partial charge in [-0.2, -0.15) is 10.2 Å². The Labute approximate surface area is 178 Å². The molecule has 31 heavy (non-hydrogen) atoms. The van der Waals surface area contributed by atoms with Crippen LogP contribution >= 0.6 is 0 Å². The summed E-state index contributed by atoms with van der Waals surface area (Å²) in [5.41, 5.74) is 0.748. The number of anilines is 1. The summed E-state index contributed by atoms with van der Waals surface area (Å²) in [4.78, 5) is 26.1. The smallest absolute Gasteiger partial charge is 0.266 e. The molecular formula is C20H24N10O. The van der Waals surface area contributed by atoms with E-state index in [0.29, 0.717) is 12.4 Å². The van der Waals surface area contributed by atoms with Crippen LogP contribution in [-0.4, -0.2) is 76.9 Å². The Balaban J connectivity index is 1.24. The van der Waals surface area contributed by atoms with Gasteiger partial charge in [0.1, 0.15) is 11.6 Å². The molecule has 11 heteroatoms. The fourth-order valence-corrected chi connectivity index (χ4v) is 3.90. The van der Waals surface area contributed by atoms with E-state index in [1.165, 1.54) is 4.68 Å². The van der Waals surface area contributed by atoms with Crippen LogP contribution in [0.2, 0.25) is 0 Å². The molecule has 0 N–H and O–H groups in total. The number of fused-ring (bicyclic) bond motifs is 1. The standard InChI is InChI=1S/C20H24N10O/c1-15-23-19-16(14-22-26(19)2)20(24-15)28-11-8-27(9-12-28)10-13-30-18(31)5-4-17(25-30)29-7-3-6-21-29/h3-7,14H,8-13H2,1-2H3. The number of hydrogen-bond acceptors (Lipinski definition) is 8. The Kier molecular flexibility index (Phi) is 4.94. The maximum Gasteiger partial charge on any atom is 0.266 e. The molecule has 5 heterocycles. The van der Waals surface area contributed by atoms with Crippen molar-refractivity contribution in [1.82, 2.24) is 44.2 Å². The van der Waals surface area contributed by atoms with Gasteiger partial charge in [0, 0.05) is 58.2 Å². The van der Waals surface area contributed by atoms with Crippen LogP contribution in [0.5, 0.6) is 0 Å². The summed E-state index contributed by atoms with van der Waals surface area (Å²) in [6, 6.07) is 5.06. The van der Waals surface area contributed by atoms with Crippen LogP contribution in [0.4, 0.5) is 5.82 Å². The molecule has 11 nitrogen and oxygen atoms in total. The highest BCUT2D eigenvalue weighted by molar-refractivity contribution is 5.87. The summed E-state index contributed by atoms with van der Waals surface area (Å²) in [5, 5.41) is 13.9. The lowest BCUT2D eigenvalue weighted by atomic mass is 10.2. The van der Waals surface area contributed by atoms with E-state index >= 15 is 0 Å². The molecule has 0 atom stereocenters. The number of aromatic nitrogens is 8. The van der Waals surface area contributed by atoms with Crippen molar-refractivity contribution >= 4 is 16.9 Å². The first-order valence-electron chi connectivity index (χ1n) is 10.3. The molecule has 0 bridgehead atoms. The fraction of sp³-hybridized carbons (Fsp3) is 0.400. The van der Waals surface area contributed by atoms with Crippen molar-refractivity contribution in [2.45, 2.75) is 13.5 Å². The minimum absolute atomic E-state index is 0.107. The van der Waals surface area contributed by atoms with Gasteiger partial charge in [-0.25, -0.2) is 19.3 Å². The zero-order chi connectivity index (χ0) is 21.4. The molecule has 1 saturated heterocycles. The van der Waals surface area contributed by atoms with Crippen LogP contribution in [0.1, 0.15) is 5.82 Å². The van der Waals surface area contributed by atoms with Gasteiger partial charge in [-0.3, -0.25) is 14.4 Å². The first-order chi connectivity index (χ1) is 15.1. The predicted molar refractivity (Wildman–Crippen MR) is 115 cm³/mol. The lowest BCUT2D eigenvalue weighted by Gasteiger charge is -2.35. The molecular weight excluding hydrogens is 396 g/mol. The molecule has 1 aliphatic rings. The summed E-state index contributed by atoms with van der Waals surface area (Å²) >= 11 is 0. The Bertz CT molecular complexity index is 1250. The Morgan fingerprint density at radius 2 is 1.87 bits per heavy atom. The van der Waals surface area contributed by atoms with Crippen molar-refractivity contribution in [3.8, 4) is 5.82 Å². The molecule has 0 unspecified atom stereocenters. The van der Waals surface area contributed by atoms with Crippen molar-refractivity contribution < 1.29 is 0 Å². The zero-order valence-electron chi connectivity index (χ0n) is 17.6. The number of piperazine rings is 1. The van der Waals surface area contributed by atoms with Crippen molar-refractivity contribution in [2.24, 2.45) is 7.05 Å². The van der Waals surface area contributed by atoms with Gasteiger partial charge in [-0.05, 0) is 19.1 Å². The van der Waals surface area contributed by atoms with Gasteiger partial charge in [-0.1, -0.05) is 0 Å². The Morgan fingerprint density at radius 1 is 1.03 bits per heavy atom. The summed E-state index contributed by atoms with van der Waals surface area (Å²) < 4.78 is 4.94. The average Bonchev–Trinajstić information content (AvgIpc) is 3.44. The molecule has 0 spiro atoms. The van der Waals surface area contributed by atoms with E-state index in [1.807, 2.05) is 32.4 Å². The van der Waals surface area contributed by atoms with Gasteiger partial charge in [0.25, 0.3) is 5.56 Å². The topological polar surface area (TPSA) is 103 Å². The molecule has 4 aromatic rings. The second-order valence-corrected chi connectivity index (χ2v) is 7.63. The van der Waals surface area contributed by atoms with Gasteiger partial charge in [0.15, 0.2) is 11.5 Å². The fourth-order valence-electron chi connectivity index (χ4n) is 3.90. The molecule has 1 fully saturated rings. The van der Waals surface area contributed by atoms with Crippen molar-refractivity contribution in [3.05, 3.63) is 53.0 Å². The second-order valence-electron chi connectivity index (χ2n) is 7.63. The molecule has 1 aliphatic heterocycles. The zero-order valence-corrected chi connectivity index (χ0v) is 17.6. The molecule has 0 saturated carbocycles. The number of nitrogens with zero attached hydrogens (tertiary/aromatic N) is 10. The van der Waals surface area contributed by atoms with Crippen molar-refractivity contribution in [3.63, 3.8) is 0 Å². The van der Waals surface area contributed by atoms with Crippen LogP contribution < -0.4 is 10.5 Å². The van der Waals surface area contributed by atoms with Crippen LogP contribution in [0.15, 0.2) is 41.6 Å². The maximum absolute atomic E-state index is 12.2. The Morgan fingerprint density at radius 3 is 2.65 bits per heavy atom. The summed E-state index contributed by atoms with van der Waals surface area (Å²) in [5.74, 6) is 2.32. The van der Waals surface area contributed by atoms with E-state index in [0.717, 1.165) is 55.4 Å². The van der Waals surface area contributed by atoms with Crippen LogP contribution in [0, 0.1) is 6.92 Å². The van der Waals surface area contributed by atoms with Gasteiger partial charge in [0.2, 0.25) is 0 Å². The van der Waals surface area contributed by atoms with Crippen LogP contribution in [0.25, 0.3) is 16.9 Å². The quantitative estimate of drug-likeness (QED) is 0.452. The normalized spacial score (nSPS) is 15.1. The third kappa shape index (κ3) is 3.79. The molecule has 0 aromatic carbocycles. The van der Waals surface area contributed by atoms with Crippen molar-refractivity contribution in [2.75, 3.05) is 37.6 Å². The number of rotatable bonds is 5. The second kappa shape index (κ2) is 7.91. The minimum Gasteiger partial charge on any atom is -0.353 e. The highest BCUT2D eigenvalue weighted by Crippen LogP contribution is 2.24. The SMILES string of the molecule is Cc1nc(N2CCN(CCn3nc(-n4cccn4)ccc3=O)CC2)c2cnn(C)c2n1. The predicted octanol–water partition coefficient (Wildman–Crippen LogP) is 0.236. The van der Waals surface area contributed by atoms with Crippen molar-refractivity contribution in [1.29, 1.82) is 0 Å². The van der Waals surface area contributed by atoms with Gasteiger partial charge >= 0.3 is 0 Å². The monoisotopic (exact) mass is 420 g/mol. The lowest BCUT2D eigenvalue weighted by molar-refractivity contribution is 0.242. The van der Waals surface area contributed by atoms with Gasteiger partial charge in [0.05, 0.1) is 18.1 Å². The van der Waals surface area contributed by atoms with Gasteiger partial charge < -0.3 is 4.90 Å². The summed E-state index contributed by atoms with van der Waals surface area (Å²) in [6.07, 6.45) is 5.33. The Hall–Kier alpha value is -3.60. The molecule has 0 radical (unpaired) electrons. The molecule has 5 rings (SSSR count). The first-order valence-corrected chi connectivity index (χ1v) is 10.3. The summed E-state index contributed by atoms with van der Waals surface area (Å²) in [6.45, 7) is 6.69. The van der Waals surface area contributed by atoms with E-state index < -0.39 is 0 Å². The number of hydrogen-bond donors (Lipinski definition) is 0. The van der Waals surface area contributed by atoms with E-state index in [4.69, 9.17) is 0 Å².